The van der Waals surface area contributed by atoms with Crippen molar-refractivity contribution >= 4 is 5.91 Å². The quantitative estimate of drug-likeness (QED) is 0.863. The predicted octanol–water partition coefficient (Wildman–Crippen LogP) is 3.54. The summed E-state index contributed by atoms with van der Waals surface area (Å²) in [6.07, 6.45) is 0.517. The van der Waals surface area contributed by atoms with Crippen LogP contribution in [0.4, 0.5) is 0 Å². The Morgan fingerprint density at radius 1 is 1.20 bits per heavy atom. The maximum Gasteiger partial charge on any atom is 0.260 e. The highest BCUT2D eigenvalue weighted by Gasteiger charge is 2.16. The second-order valence-corrected chi connectivity index (χ2v) is 5.94. The van der Waals surface area contributed by atoms with E-state index in [0.29, 0.717) is 12.5 Å². The Morgan fingerprint density at radius 2 is 1.85 bits per heavy atom. The van der Waals surface area contributed by atoms with Gasteiger partial charge in [-0.3, -0.25) is 4.79 Å². The molecule has 0 aliphatic carbocycles. The lowest BCUT2D eigenvalue weighted by Crippen LogP contribution is -2.37. The Labute approximate surface area is 122 Å². The van der Waals surface area contributed by atoms with Gasteiger partial charge in [0.05, 0.1) is 0 Å². The van der Waals surface area contributed by atoms with Crippen molar-refractivity contribution in [1.29, 1.82) is 0 Å². The molecule has 112 valence electrons. The number of ether oxygens (including phenoxy) is 1. The lowest BCUT2D eigenvalue weighted by atomic mass is 10.1. The van der Waals surface area contributed by atoms with Crippen LogP contribution < -0.4 is 10.1 Å². The molecule has 0 fully saturated rings. The van der Waals surface area contributed by atoms with Crippen molar-refractivity contribution in [1.82, 2.24) is 5.32 Å². The van der Waals surface area contributed by atoms with Crippen LogP contribution in [0.15, 0.2) is 12.1 Å². The first-order valence-corrected chi connectivity index (χ1v) is 7.33. The molecule has 3 nitrogen and oxygen atoms in total. The number of carbonyl (C=O) groups excluding carboxylic acids is 1. The lowest BCUT2D eigenvalue weighted by molar-refractivity contribution is -0.127. The molecule has 0 aromatic heterocycles. The van der Waals surface area contributed by atoms with E-state index in [4.69, 9.17) is 4.74 Å². The van der Waals surface area contributed by atoms with Gasteiger partial charge in [0.25, 0.3) is 5.91 Å². The summed E-state index contributed by atoms with van der Waals surface area (Å²) in [6, 6.07) is 4.11. The zero-order valence-electron chi connectivity index (χ0n) is 13.5. The van der Waals surface area contributed by atoms with Gasteiger partial charge in [0.15, 0.2) is 6.10 Å². The average molecular weight is 277 g/mol. The molecule has 0 saturated heterocycles. The van der Waals surface area contributed by atoms with Crippen LogP contribution in [0.25, 0.3) is 0 Å². The van der Waals surface area contributed by atoms with Crippen molar-refractivity contribution in [2.45, 2.75) is 54.1 Å². The third-order valence-corrected chi connectivity index (χ3v) is 3.46. The standard InChI is InChI=1S/C17H27NO2/c1-11(2)7-8-18-17(19)15(6)20-16-10-12(3)9-13(4)14(16)5/h9-11,15H,7-8H2,1-6H3,(H,18,19)/t15-/m0/s1. The number of amides is 1. The van der Waals surface area contributed by atoms with Gasteiger partial charge in [-0.15, -0.1) is 0 Å². The predicted molar refractivity (Wildman–Crippen MR) is 83.2 cm³/mol. The fourth-order valence-electron chi connectivity index (χ4n) is 1.99. The van der Waals surface area contributed by atoms with E-state index in [1.54, 1.807) is 6.92 Å². The van der Waals surface area contributed by atoms with Crippen molar-refractivity contribution in [3.05, 3.63) is 28.8 Å². The lowest BCUT2D eigenvalue weighted by Gasteiger charge is -2.18. The minimum Gasteiger partial charge on any atom is -0.481 e. The Kier molecular flexibility index (Phi) is 6.05. The van der Waals surface area contributed by atoms with Crippen LogP contribution in [0.5, 0.6) is 5.75 Å². The Morgan fingerprint density at radius 3 is 2.45 bits per heavy atom. The Hall–Kier alpha value is -1.51. The fraction of sp³-hybridized carbons (Fsp3) is 0.588. The second kappa shape index (κ2) is 7.32. The van der Waals surface area contributed by atoms with Gasteiger partial charge in [-0.1, -0.05) is 19.9 Å². The number of hydrogen-bond donors (Lipinski definition) is 1. The van der Waals surface area contributed by atoms with Crippen LogP contribution >= 0.6 is 0 Å². The summed E-state index contributed by atoms with van der Waals surface area (Å²) in [5.74, 6) is 1.34. The number of nitrogens with one attached hydrogen (secondary N) is 1. The molecule has 1 atom stereocenters. The largest absolute Gasteiger partial charge is 0.481 e. The molecule has 1 N–H and O–H groups in total. The molecule has 1 aromatic carbocycles. The van der Waals surface area contributed by atoms with Gasteiger partial charge in [0, 0.05) is 6.54 Å². The topological polar surface area (TPSA) is 38.3 Å². The number of hydrogen-bond acceptors (Lipinski definition) is 2. The molecule has 1 amide bonds. The van der Waals surface area contributed by atoms with Gasteiger partial charge < -0.3 is 10.1 Å². The molecule has 0 aliphatic rings. The molecule has 0 bridgehead atoms. The van der Waals surface area contributed by atoms with E-state index < -0.39 is 6.10 Å². The number of carbonyl (C=O) groups is 1. The third kappa shape index (κ3) is 4.87. The van der Waals surface area contributed by atoms with Gasteiger partial charge >= 0.3 is 0 Å². The van der Waals surface area contributed by atoms with Crippen LogP contribution in [0, 0.1) is 26.7 Å². The molecule has 3 heteroatoms. The number of benzene rings is 1. The molecule has 0 saturated carbocycles. The van der Waals surface area contributed by atoms with Crippen molar-refractivity contribution in [3.8, 4) is 5.75 Å². The van der Waals surface area contributed by atoms with Gasteiger partial charge in [-0.05, 0) is 62.8 Å². The van der Waals surface area contributed by atoms with Crippen LogP contribution in [0.2, 0.25) is 0 Å². The molecule has 1 rings (SSSR count). The molecule has 0 heterocycles. The summed E-state index contributed by atoms with van der Waals surface area (Å²) in [6.45, 7) is 12.9. The zero-order valence-corrected chi connectivity index (χ0v) is 13.5. The van der Waals surface area contributed by atoms with Crippen LogP contribution in [0.3, 0.4) is 0 Å². The highest BCUT2D eigenvalue weighted by atomic mass is 16.5. The maximum atomic E-state index is 12.0. The Balaban J connectivity index is 2.61. The zero-order chi connectivity index (χ0) is 15.3. The molecule has 1 aromatic rings. The number of aryl methyl sites for hydroxylation is 2. The van der Waals surface area contributed by atoms with Crippen molar-refractivity contribution in [2.75, 3.05) is 6.54 Å². The van der Waals surface area contributed by atoms with E-state index in [9.17, 15) is 4.79 Å². The van der Waals surface area contributed by atoms with Gasteiger partial charge in [0.1, 0.15) is 5.75 Å². The minimum atomic E-state index is -0.470. The van der Waals surface area contributed by atoms with Gasteiger partial charge in [0.2, 0.25) is 0 Å². The molecular formula is C17H27NO2. The molecule has 0 radical (unpaired) electrons. The van der Waals surface area contributed by atoms with Crippen molar-refractivity contribution in [2.24, 2.45) is 5.92 Å². The second-order valence-electron chi connectivity index (χ2n) is 5.94. The first kappa shape index (κ1) is 16.5. The smallest absolute Gasteiger partial charge is 0.260 e. The van der Waals surface area contributed by atoms with E-state index in [1.165, 1.54) is 5.56 Å². The molecule has 0 unspecified atom stereocenters. The maximum absolute atomic E-state index is 12.0. The molecule has 0 aliphatic heterocycles. The Bertz CT molecular complexity index is 466. The summed E-state index contributed by atoms with van der Waals surface area (Å²) in [5, 5.41) is 2.92. The minimum absolute atomic E-state index is 0.0517. The highest BCUT2D eigenvalue weighted by Crippen LogP contribution is 2.24. The first-order valence-electron chi connectivity index (χ1n) is 7.33. The molecular weight excluding hydrogens is 250 g/mol. The van der Waals surface area contributed by atoms with Crippen LogP contribution in [0.1, 0.15) is 43.9 Å². The average Bonchev–Trinajstić information content (AvgIpc) is 2.34. The summed E-state index contributed by atoms with van der Waals surface area (Å²) in [5.41, 5.74) is 3.43. The van der Waals surface area contributed by atoms with Crippen LogP contribution in [-0.4, -0.2) is 18.6 Å². The number of rotatable bonds is 6. The highest BCUT2D eigenvalue weighted by molar-refractivity contribution is 5.80. The normalized spacial score (nSPS) is 12.3. The molecule has 20 heavy (non-hydrogen) atoms. The summed E-state index contributed by atoms with van der Waals surface area (Å²) in [4.78, 5) is 12.0. The summed E-state index contributed by atoms with van der Waals surface area (Å²) in [7, 11) is 0. The summed E-state index contributed by atoms with van der Waals surface area (Å²) < 4.78 is 5.81. The van der Waals surface area contributed by atoms with Crippen molar-refractivity contribution in [3.63, 3.8) is 0 Å². The third-order valence-electron chi connectivity index (χ3n) is 3.46. The van der Waals surface area contributed by atoms with E-state index in [2.05, 4.69) is 32.2 Å². The van der Waals surface area contributed by atoms with Crippen LogP contribution in [-0.2, 0) is 4.79 Å². The molecule has 0 spiro atoms. The summed E-state index contributed by atoms with van der Waals surface area (Å²) >= 11 is 0. The van der Waals surface area contributed by atoms with E-state index >= 15 is 0 Å². The first-order chi connectivity index (χ1) is 9.31. The SMILES string of the molecule is Cc1cc(C)c(C)c(O[C@@H](C)C(=O)NCCC(C)C)c1. The van der Waals surface area contributed by atoms with E-state index in [-0.39, 0.29) is 5.91 Å². The van der Waals surface area contributed by atoms with Gasteiger partial charge in [-0.25, -0.2) is 0 Å². The van der Waals surface area contributed by atoms with Gasteiger partial charge in [-0.2, -0.15) is 0 Å². The van der Waals surface area contributed by atoms with E-state index in [0.717, 1.165) is 23.3 Å². The fourth-order valence-corrected chi connectivity index (χ4v) is 1.99. The monoisotopic (exact) mass is 277 g/mol. The van der Waals surface area contributed by atoms with E-state index in [1.807, 2.05) is 19.9 Å². The van der Waals surface area contributed by atoms with Crippen molar-refractivity contribution < 1.29 is 9.53 Å².